The minimum absolute atomic E-state index is 0.867. The lowest BCUT2D eigenvalue weighted by Gasteiger charge is -2.29. The Morgan fingerprint density at radius 1 is 0.407 bits per heavy atom. The second-order valence-electron chi connectivity index (χ2n) is 15.4. The normalized spacial score (nSPS) is 11.6. The van der Waals surface area contributed by atoms with Crippen LogP contribution >= 0.6 is 0 Å². The molecule has 0 saturated carbocycles. The summed E-state index contributed by atoms with van der Waals surface area (Å²) in [5, 5.41) is 4.62. The zero-order valence-electron chi connectivity index (χ0n) is 32.9. The first kappa shape index (κ1) is 34.6. The van der Waals surface area contributed by atoms with Gasteiger partial charge in [-0.25, -0.2) is 0 Å². The van der Waals surface area contributed by atoms with Gasteiger partial charge in [0.15, 0.2) is 0 Å². The third-order valence-corrected chi connectivity index (χ3v) is 11.8. The van der Waals surface area contributed by atoms with Crippen molar-refractivity contribution in [3.8, 4) is 39.1 Å². The van der Waals surface area contributed by atoms with E-state index in [2.05, 4.69) is 230 Å². The van der Waals surface area contributed by atoms with Gasteiger partial charge >= 0.3 is 0 Å². The van der Waals surface area contributed by atoms with Crippen molar-refractivity contribution in [3.63, 3.8) is 0 Å². The lowest BCUT2D eigenvalue weighted by atomic mass is 9.91. The third kappa shape index (κ3) is 5.82. The van der Waals surface area contributed by atoms with Crippen LogP contribution in [0.3, 0.4) is 0 Å². The van der Waals surface area contributed by atoms with Crippen molar-refractivity contribution >= 4 is 60.8 Å². The Morgan fingerprint density at radius 2 is 0.966 bits per heavy atom. The molecule has 0 atom stereocenters. The van der Waals surface area contributed by atoms with Crippen LogP contribution in [0.15, 0.2) is 211 Å². The summed E-state index contributed by atoms with van der Waals surface area (Å²) in [6.07, 6.45) is 0. The van der Waals surface area contributed by atoms with E-state index in [1.807, 2.05) is 0 Å². The Hall–Kier alpha value is -7.62. The van der Waals surface area contributed by atoms with Gasteiger partial charge in [-0.1, -0.05) is 151 Å². The van der Waals surface area contributed by atoms with Gasteiger partial charge in [-0.2, -0.15) is 0 Å². The highest BCUT2D eigenvalue weighted by atomic mass is 16.3. The molecule has 11 aromatic rings. The summed E-state index contributed by atoms with van der Waals surface area (Å²) >= 11 is 0. The van der Waals surface area contributed by atoms with E-state index < -0.39 is 0 Å². The predicted octanol–water partition coefficient (Wildman–Crippen LogP) is 15.8. The van der Waals surface area contributed by atoms with Gasteiger partial charge in [0.1, 0.15) is 11.2 Å². The van der Waals surface area contributed by atoms with Crippen molar-refractivity contribution < 1.29 is 4.42 Å². The molecule has 11 rings (SSSR count). The van der Waals surface area contributed by atoms with Crippen molar-refractivity contribution in [2.45, 2.75) is 13.8 Å². The molecule has 280 valence electrons. The fourth-order valence-corrected chi connectivity index (χ4v) is 8.99. The third-order valence-electron chi connectivity index (χ3n) is 11.8. The second-order valence-corrected chi connectivity index (χ2v) is 15.4. The van der Waals surface area contributed by atoms with Gasteiger partial charge in [0.05, 0.1) is 16.7 Å². The van der Waals surface area contributed by atoms with E-state index in [-0.39, 0.29) is 0 Å². The number of aryl methyl sites for hydroxylation is 2. The van der Waals surface area contributed by atoms with Crippen molar-refractivity contribution in [3.05, 3.63) is 217 Å². The summed E-state index contributed by atoms with van der Waals surface area (Å²) in [6.45, 7) is 4.39. The van der Waals surface area contributed by atoms with Crippen LogP contribution in [0.2, 0.25) is 0 Å². The van der Waals surface area contributed by atoms with Crippen LogP contribution < -0.4 is 4.90 Å². The molecular weight excluding hydrogens is 717 g/mol. The summed E-state index contributed by atoms with van der Waals surface area (Å²) in [4.78, 5) is 2.43. The standard InChI is InChI=1S/C56H40N2O/c1-37-29-31-41(32-30-37)57(54-36-48(40-19-7-4-8-20-40)47(33-38(54)2)39-17-5-3-6-18-39)42-34-49(56-50(35-42)46-24-12-16-28-55(46)59-56)45-23-11-15-27-53(45)58-51-25-13-9-21-43(51)44-22-10-14-26-52(44)58/h3-36H,1-2H3. The lowest BCUT2D eigenvalue weighted by Crippen LogP contribution is -2.12. The number of nitrogens with zero attached hydrogens (tertiary/aromatic N) is 2. The molecule has 0 radical (unpaired) electrons. The molecule has 2 aromatic heterocycles. The molecule has 0 N–H and O–H groups in total. The highest BCUT2D eigenvalue weighted by Gasteiger charge is 2.24. The molecule has 3 heteroatoms. The summed E-state index contributed by atoms with van der Waals surface area (Å²) in [6, 6.07) is 74.4. The van der Waals surface area contributed by atoms with Crippen molar-refractivity contribution in [1.82, 2.24) is 4.57 Å². The quantitative estimate of drug-likeness (QED) is 0.161. The molecule has 9 aromatic carbocycles. The van der Waals surface area contributed by atoms with Gasteiger partial charge in [-0.05, 0) is 102 Å². The molecule has 0 unspecified atom stereocenters. The summed E-state index contributed by atoms with van der Waals surface area (Å²) < 4.78 is 9.30. The number of furan rings is 1. The van der Waals surface area contributed by atoms with E-state index >= 15 is 0 Å². The van der Waals surface area contributed by atoms with E-state index in [9.17, 15) is 0 Å². The molecule has 59 heavy (non-hydrogen) atoms. The first-order valence-electron chi connectivity index (χ1n) is 20.3. The molecule has 0 aliphatic carbocycles. The molecule has 0 bridgehead atoms. The Labute approximate surface area is 343 Å². The Bertz CT molecular complexity index is 3280. The largest absolute Gasteiger partial charge is 0.455 e. The zero-order chi connectivity index (χ0) is 39.5. The van der Waals surface area contributed by atoms with Gasteiger partial charge in [0.2, 0.25) is 0 Å². The molecule has 0 aliphatic heterocycles. The fourth-order valence-electron chi connectivity index (χ4n) is 8.99. The smallest absolute Gasteiger partial charge is 0.143 e. The summed E-state index contributed by atoms with van der Waals surface area (Å²) in [5.74, 6) is 0. The number of aromatic nitrogens is 1. The van der Waals surface area contributed by atoms with Crippen LogP contribution in [0.4, 0.5) is 17.1 Å². The number of fused-ring (bicyclic) bond motifs is 6. The van der Waals surface area contributed by atoms with Gasteiger partial charge in [-0.3, -0.25) is 0 Å². The number of hydrogen-bond acceptors (Lipinski definition) is 2. The molecule has 2 heterocycles. The molecular formula is C56H40N2O. The number of anilines is 3. The Morgan fingerprint density at radius 3 is 1.64 bits per heavy atom. The van der Waals surface area contributed by atoms with Crippen LogP contribution in [-0.2, 0) is 0 Å². The minimum Gasteiger partial charge on any atom is -0.455 e. The lowest BCUT2D eigenvalue weighted by molar-refractivity contribution is 0.670. The molecule has 0 aliphatic rings. The van der Waals surface area contributed by atoms with Gasteiger partial charge in [0.25, 0.3) is 0 Å². The van der Waals surface area contributed by atoms with Gasteiger partial charge in [0, 0.05) is 49.7 Å². The first-order valence-corrected chi connectivity index (χ1v) is 20.3. The van der Waals surface area contributed by atoms with Crippen molar-refractivity contribution in [2.75, 3.05) is 4.90 Å². The highest BCUT2D eigenvalue weighted by Crippen LogP contribution is 2.48. The SMILES string of the molecule is Cc1ccc(N(c2cc(-c3ccccc3-n3c4ccccc4c4ccccc43)c3oc4ccccc4c3c2)c2cc(-c3ccccc3)c(-c3ccccc3)cc2C)cc1. The molecule has 0 spiro atoms. The average molecular weight is 757 g/mol. The Kier molecular flexibility index (Phi) is 8.27. The topological polar surface area (TPSA) is 21.3 Å². The fraction of sp³-hybridized carbons (Fsp3) is 0.0357. The number of para-hydroxylation sites is 4. The maximum absolute atomic E-state index is 6.88. The van der Waals surface area contributed by atoms with Crippen LogP contribution in [0.5, 0.6) is 0 Å². The first-order chi connectivity index (χ1) is 29.1. The number of hydrogen-bond donors (Lipinski definition) is 0. The predicted molar refractivity (Wildman–Crippen MR) is 249 cm³/mol. The van der Waals surface area contributed by atoms with E-state index in [0.717, 1.165) is 55.8 Å². The number of rotatable bonds is 7. The minimum atomic E-state index is 0.867. The van der Waals surface area contributed by atoms with E-state index in [0.29, 0.717) is 0 Å². The van der Waals surface area contributed by atoms with E-state index in [1.165, 1.54) is 55.2 Å². The maximum Gasteiger partial charge on any atom is 0.143 e. The van der Waals surface area contributed by atoms with E-state index in [1.54, 1.807) is 0 Å². The van der Waals surface area contributed by atoms with Crippen molar-refractivity contribution in [1.29, 1.82) is 0 Å². The van der Waals surface area contributed by atoms with Crippen LogP contribution in [0.1, 0.15) is 11.1 Å². The van der Waals surface area contributed by atoms with Crippen LogP contribution in [0, 0.1) is 13.8 Å². The molecule has 3 nitrogen and oxygen atoms in total. The molecule has 0 amide bonds. The second kappa shape index (κ2) is 14.1. The average Bonchev–Trinajstić information content (AvgIpc) is 3.84. The maximum atomic E-state index is 6.88. The summed E-state index contributed by atoms with van der Waals surface area (Å²) in [5.41, 5.74) is 17.7. The zero-order valence-corrected chi connectivity index (χ0v) is 32.9. The highest BCUT2D eigenvalue weighted by molar-refractivity contribution is 6.14. The van der Waals surface area contributed by atoms with E-state index in [4.69, 9.17) is 4.42 Å². The monoisotopic (exact) mass is 756 g/mol. The van der Waals surface area contributed by atoms with Gasteiger partial charge < -0.3 is 13.9 Å². The number of benzene rings is 9. The molecule has 0 fully saturated rings. The molecule has 0 saturated heterocycles. The van der Waals surface area contributed by atoms with Crippen molar-refractivity contribution in [2.24, 2.45) is 0 Å². The van der Waals surface area contributed by atoms with Crippen LogP contribution in [0.25, 0.3) is 82.8 Å². The summed E-state index contributed by atoms with van der Waals surface area (Å²) in [7, 11) is 0. The van der Waals surface area contributed by atoms with Crippen LogP contribution in [-0.4, -0.2) is 4.57 Å². The van der Waals surface area contributed by atoms with Gasteiger partial charge in [-0.15, -0.1) is 0 Å². The Balaban J connectivity index is 1.22.